The van der Waals surface area contributed by atoms with E-state index in [0.717, 1.165) is 31.0 Å². The van der Waals surface area contributed by atoms with Crippen LogP contribution in [0.1, 0.15) is 19.8 Å². The number of ether oxygens (including phenoxy) is 2. The van der Waals surface area contributed by atoms with Gasteiger partial charge in [-0.15, -0.1) is 0 Å². The van der Waals surface area contributed by atoms with Crippen LogP contribution in [0, 0.1) is 5.92 Å². The molecule has 0 aromatic heterocycles. The molecule has 0 amide bonds. The summed E-state index contributed by atoms with van der Waals surface area (Å²) in [5.41, 5.74) is 0. The van der Waals surface area contributed by atoms with E-state index in [9.17, 15) is 0 Å². The molecule has 1 heterocycles. The van der Waals surface area contributed by atoms with E-state index in [1.807, 2.05) is 36.2 Å². The zero-order chi connectivity index (χ0) is 12.8. The lowest BCUT2D eigenvalue weighted by atomic mass is 10.0. The summed E-state index contributed by atoms with van der Waals surface area (Å²) in [5.74, 6) is 7.98. The van der Waals surface area contributed by atoms with Crippen LogP contribution in [0.3, 0.4) is 0 Å². The zero-order valence-corrected chi connectivity index (χ0v) is 11.0. The molecule has 1 aromatic rings. The van der Waals surface area contributed by atoms with E-state index in [2.05, 4.69) is 0 Å². The van der Waals surface area contributed by atoms with Crippen molar-refractivity contribution in [3.05, 3.63) is 24.3 Å². The zero-order valence-electron chi connectivity index (χ0n) is 11.0. The maximum atomic E-state index is 5.87. The first-order chi connectivity index (χ1) is 8.79. The Morgan fingerprint density at radius 1 is 1.28 bits per heavy atom. The number of rotatable bonds is 5. The second kappa shape index (κ2) is 6.61. The first kappa shape index (κ1) is 13.2. The SMILES string of the molecule is CCOc1ccccc1OCC1CCCN(N)C1. The minimum absolute atomic E-state index is 0.512. The van der Waals surface area contributed by atoms with Crippen LogP contribution in [0.5, 0.6) is 11.5 Å². The third-order valence-electron chi connectivity index (χ3n) is 3.17. The lowest BCUT2D eigenvalue weighted by molar-refractivity contribution is 0.129. The van der Waals surface area contributed by atoms with Crippen molar-refractivity contribution in [2.75, 3.05) is 26.3 Å². The van der Waals surface area contributed by atoms with Gasteiger partial charge in [-0.25, -0.2) is 5.01 Å². The fourth-order valence-electron chi connectivity index (χ4n) is 2.29. The van der Waals surface area contributed by atoms with Crippen LogP contribution in [0.25, 0.3) is 0 Å². The van der Waals surface area contributed by atoms with E-state index in [-0.39, 0.29) is 0 Å². The highest BCUT2D eigenvalue weighted by Gasteiger charge is 2.18. The van der Waals surface area contributed by atoms with E-state index in [1.165, 1.54) is 6.42 Å². The topological polar surface area (TPSA) is 47.7 Å². The maximum absolute atomic E-state index is 5.87. The van der Waals surface area contributed by atoms with Crippen molar-refractivity contribution in [1.82, 2.24) is 5.01 Å². The number of nitrogens with zero attached hydrogens (tertiary/aromatic N) is 1. The van der Waals surface area contributed by atoms with Crippen LogP contribution < -0.4 is 15.3 Å². The van der Waals surface area contributed by atoms with Gasteiger partial charge in [0.1, 0.15) is 0 Å². The summed E-state index contributed by atoms with van der Waals surface area (Å²) in [7, 11) is 0. The van der Waals surface area contributed by atoms with Crippen LogP contribution in [0.4, 0.5) is 0 Å². The average Bonchev–Trinajstić information content (AvgIpc) is 2.38. The number of hydrogen-bond acceptors (Lipinski definition) is 4. The summed E-state index contributed by atoms with van der Waals surface area (Å²) < 4.78 is 11.4. The van der Waals surface area contributed by atoms with Crippen LogP contribution >= 0.6 is 0 Å². The maximum Gasteiger partial charge on any atom is 0.161 e. The summed E-state index contributed by atoms with van der Waals surface area (Å²) in [5, 5.41) is 1.88. The van der Waals surface area contributed by atoms with Gasteiger partial charge < -0.3 is 9.47 Å². The molecule has 1 saturated heterocycles. The van der Waals surface area contributed by atoms with Gasteiger partial charge in [0.25, 0.3) is 0 Å². The number of hydrazine groups is 1. The van der Waals surface area contributed by atoms with Crippen LogP contribution in [-0.4, -0.2) is 31.3 Å². The lowest BCUT2D eigenvalue weighted by Crippen LogP contribution is -2.42. The molecule has 4 nitrogen and oxygen atoms in total. The summed E-state index contributed by atoms with van der Waals surface area (Å²) in [6.07, 6.45) is 2.34. The molecule has 18 heavy (non-hydrogen) atoms. The molecule has 0 spiro atoms. The molecule has 1 aromatic carbocycles. The van der Waals surface area contributed by atoms with E-state index in [1.54, 1.807) is 0 Å². The minimum Gasteiger partial charge on any atom is -0.490 e. The van der Waals surface area contributed by atoms with Crippen molar-refractivity contribution in [3.63, 3.8) is 0 Å². The third kappa shape index (κ3) is 3.62. The van der Waals surface area contributed by atoms with E-state index in [0.29, 0.717) is 19.1 Å². The van der Waals surface area contributed by atoms with Gasteiger partial charge in [0.2, 0.25) is 0 Å². The summed E-state index contributed by atoms with van der Waals surface area (Å²) >= 11 is 0. The minimum atomic E-state index is 0.512. The molecule has 0 radical (unpaired) electrons. The Morgan fingerprint density at radius 2 is 2.00 bits per heavy atom. The summed E-state index contributed by atoms with van der Waals surface area (Å²) in [6, 6.07) is 7.82. The van der Waals surface area contributed by atoms with E-state index >= 15 is 0 Å². The highest BCUT2D eigenvalue weighted by atomic mass is 16.5. The van der Waals surface area contributed by atoms with Crippen molar-refractivity contribution in [2.45, 2.75) is 19.8 Å². The molecule has 1 aliphatic heterocycles. The van der Waals surface area contributed by atoms with Crippen LogP contribution in [0.2, 0.25) is 0 Å². The fourth-order valence-corrected chi connectivity index (χ4v) is 2.29. The standard InChI is InChI=1S/C14H22N2O2/c1-2-17-13-7-3-4-8-14(13)18-11-12-6-5-9-16(15)10-12/h3-4,7-8,12H,2,5-6,9-11,15H2,1H3. The highest BCUT2D eigenvalue weighted by molar-refractivity contribution is 5.39. The summed E-state index contributed by atoms with van der Waals surface area (Å²) in [6.45, 7) is 5.24. The van der Waals surface area contributed by atoms with Gasteiger partial charge >= 0.3 is 0 Å². The van der Waals surface area contributed by atoms with Crippen molar-refractivity contribution in [2.24, 2.45) is 11.8 Å². The lowest BCUT2D eigenvalue weighted by Gasteiger charge is -2.29. The smallest absolute Gasteiger partial charge is 0.161 e. The Kier molecular flexibility index (Phi) is 4.84. The van der Waals surface area contributed by atoms with Gasteiger partial charge in [0.15, 0.2) is 11.5 Å². The molecule has 4 heteroatoms. The molecular weight excluding hydrogens is 228 g/mol. The molecule has 1 unspecified atom stereocenters. The number of hydrogen-bond donors (Lipinski definition) is 1. The van der Waals surface area contributed by atoms with Gasteiger partial charge in [-0.05, 0) is 31.9 Å². The van der Waals surface area contributed by atoms with E-state index in [4.69, 9.17) is 15.3 Å². The van der Waals surface area contributed by atoms with Crippen LogP contribution in [0.15, 0.2) is 24.3 Å². The summed E-state index contributed by atoms with van der Waals surface area (Å²) in [4.78, 5) is 0. The molecule has 2 N–H and O–H groups in total. The number of piperidine rings is 1. The molecule has 0 bridgehead atoms. The number of nitrogens with two attached hydrogens (primary N) is 1. The monoisotopic (exact) mass is 250 g/mol. The Labute approximate surface area is 109 Å². The van der Waals surface area contributed by atoms with Gasteiger partial charge in [-0.2, -0.15) is 0 Å². The molecule has 1 fully saturated rings. The normalized spacial score (nSPS) is 20.7. The Bertz CT molecular complexity index is 371. The Hall–Kier alpha value is -1.26. The van der Waals surface area contributed by atoms with Gasteiger partial charge in [0, 0.05) is 19.0 Å². The quantitative estimate of drug-likeness (QED) is 0.813. The van der Waals surface area contributed by atoms with Crippen LogP contribution in [-0.2, 0) is 0 Å². The van der Waals surface area contributed by atoms with Gasteiger partial charge in [0.05, 0.1) is 13.2 Å². The molecular formula is C14H22N2O2. The number of para-hydroxylation sites is 2. The fraction of sp³-hybridized carbons (Fsp3) is 0.571. The molecule has 100 valence electrons. The van der Waals surface area contributed by atoms with Crippen molar-refractivity contribution in [3.8, 4) is 11.5 Å². The Morgan fingerprint density at radius 3 is 2.67 bits per heavy atom. The second-order valence-electron chi connectivity index (χ2n) is 4.69. The molecule has 2 rings (SSSR count). The number of benzene rings is 1. The predicted octanol–water partition coefficient (Wildman–Crippen LogP) is 2.05. The average molecular weight is 250 g/mol. The highest BCUT2D eigenvalue weighted by Crippen LogP contribution is 2.27. The van der Waals surface area contributed by atoms with Crippen molar-refractivity contribution >= 4 is 0 Å². The molecule has 1 aliphatic rings. The van der Waals surface area contributed by atoms with E-state index < -0.39 is 0 Å². The molecule has 0 aliphatic carbocycles. The van der Waals surface area contributed by atoms with Gasteiger partial charge in [-0.3, -0.25) is 5.84 Å². The van der Waals surface area contributed by atoms with Crippen molar-refractivity contribution < 1.29 is 9.47 Å². The Balaban J connectivity index is 1.89. The predicted molar refractivity (Wildman–Crippen MR) is 71.6 cm³/mol. The van der Waals surface area contributed by atoms with Gasteiger partial charge in [-0.1, -0.05) is 12.1 Å². The van der Waals surface area contributed by atoms with Crippen molar-refractivity contribution in [1.29, 1.82) is 0 Å². The first-order valence-electron chi connectivity index (χ1n) is 6.64. The molecule has 1 atom stereocenters. The second-order valence-corrected chi connectivity index (χ2v) is 4.69. The largest absolute Gasteiger partial charge is 0.490 e. The molecule has 0 saturated carbocycles. The third-order valence-corrected chi connectivity index (χ3v) is 3.17. The first-order valence-corrected chi connectivity index (χ1v) is 6.64.